The van der Waals surface area contributed by atoms with Crippen molar-refractivity contribution in [2.75, 3.05) is 7.11 Å². The molecule has 1 radical (unpaired) electrons. The van der Waals surface area contributed by atoms with Crippen LogP contribution in [-0.2, 0) is 4.84 Å². The van der Waals surface area contributed by atoms with E-state index in [1.807, 2.05) is 56.3 Å². The van der Waals surface area contributed by atoms with Gasteiger partial charge >= 0.3 is 0 Å². The molecular formula is C16H16NO2. The molecule has 0 bridgehead atoms. The van der Waals surface area contributed by atoms with Crippen molar-refractivity contribution in [3.8, 4) is 5.75 Å². The first-order chi connectivity index (χ1) is 9.20. The van der Waals surface area contributed by atoms with Crippen LogP contribution in [0.4, 0.5) is 0 Å². The molecule has 0 unspecified atom stereocenters. The Hall–Kier alpha value is -2.29. The Labute approximate surface area is 113 Å². The number of nitrogens with zero attached hydrogens (tertiary/aromatic N) is 1. The van der Waals surface area contributed by atoms with Gasteiger partial charge < -0.3 is 9.57 Å². The monoisotopic (exact) mass is 254 g/mol. The minimum absolute atomic E-state index is 0.439. The Balaban J connectivity index is 2.32. The first-order valence-electron chi connectivity index (χ1n) is 6.04. The molecule has 0 spiro atoms. The average Bonchev–Trinajstić information content (AvgIpc) is 2.40. The molecule has 2 rings (SSSR count). The lowest BCUT2D eigenvalue weighted by atomic mass is 10.1. The van der Waals surface area contributed by atoms with Gasteiger partial charge in [0.15, 0.2) is 0 Å². The molecule has 0 aliphatic heterocycles. The molecule has 0 saturated carbocycles. The maximum absolute atomic E-state index is 5.84. The van der Waals surface area contributed by atoms with Crippen LogP contribution in [0.5, 0.6) is 5.75 Å². The van der Waals surface area contributed by atoms with Crippen LogP contribution < -0.4 is 4.74 Å². The number of para-hydroxylation sites is 1. The second-order valence-corrected chi connectivity index (χ2v) is 4.21. The molecule has 0 heterocycles. The third-order valence-electron chi connectivity index (χ3n) is 2.67. The normalized spacial score (nSPS) is 11.2. The Morgan fingerprint density at radius 3 is 2.63 bits per heavy atom. The third kappa shape index (κ3) is 3.35. The summed E-state index contributed by atoms with van der Waals surface area (Å²) in [5.74, 6) is 1.21. The van der Waals surface area contributed by atoms with Gasteiger partial charge in [-0.3, -0.25) is 0 Å². The quantitative estimate of drug-likeness (QED) is 0.477. The Morgan fingerprint density at radius 1 is 1.16 bits per heavy atom. The number of aryl methyl sites for hydroxylation is 2. The van der Waals surface area contributed by atoms with Crippen LogP contribution in [0.1, 0.15) is 16.7 Å². The van der Waals surface area contributed by atoms with Gasteiger partial charge in [-0.2, -0.15) is 0 Å². The lowest BCUT2D eigenvalue weighted by Gasteiger charge is -2.10. The molecule has 3 nitrogen and oxygen atoms in total. The zero-order chi connectivity index (χ0) is 13.7. The van der Waals surface area contributed by atoms with E-state index in [4.69, 9.17) is 9.57 Å². The van der Waals surface area contributed by atoms with Gasteiger partial charge in [0.25, 0.3) is 5.90 Å². The summed E-state index contributed by atoms with van der Waals surface area (Å²) in [6.45, 7) is 3.96. The fourth-order valence-corrected chi connectivity index (χ4v) is 1.71. The maximum atomic E-state index is 5.84. The zero-order valence-electron chi connectivity index (χ0n) is 11.3. The molecule has 0 saturated heterocycles. The average molecular weight is 254 g/mol. The SMILES string of the molecule is CO/N=C(/Oc1ccccc1C)c1cc[c]c(C)c1. The van der Waals surface area contributed by atoms with Gasteiger partial charge in [0, 0.05) is 5.56 Å². The smallest absolute Gasteiger partial charge is 0.263 e. The van der Waals surface area contributed by atoms with E-state index in [2.05, 4.69) is 11.2 Å². The van der Waals surface area contributed by atoms with E-state index in [1.165, 1.54) is 7.11 Å². The van der Waals surface area contributed by atoms with Crippen molar-refractivity contribution in [1.29, 1.82) is 0 Å². The zero-order valence-corrected chi connectivity index (χ0v) is 11.3. The fraction of sp³-hybridized carbons (Fsp3) is 0.188. The molecule has 3 heteroatoms. The van der Waals surface area contributed by atoms with Gasteiger partial charge in [-0.05, 0) is 54.4 Å². The van der Waals surface area contributed by atoms with Crippen LogP contribution in [0.2, 0.25) is 0 Å². The summed E-state index contributed by atoms with van der Waals surface area (Å²) in [6, 6.07) is 16.6. The fourth-order valence-electron chi connectivity index (χ4n) is 1.71. The minimum Gasteiger partial charge on any atom is -0.436 e. The number of ether oxygens (including phenoxy) is 1. The third-order valence-corrected chi connectivity index (χ3v) is 2.67. The van der Waals surface area contributed by atoms with Crippen molar-refractivity contribution < 1.29 is 9.57 Å². The van der Waals surface area contributed by atoms with Crippen LogP contribution in [0.3, 0.4) is 0 Å². The first-order valence-corrected chi connectivity index (χ1v) is 6.04. The number of hydrogen-bond donors (Lipinski definition) is 0. The van der Waals surface area contributed by atoms with Gasteiger partial charge in [0.05, 0.1) is 0 Å². The van der Waals surface area contributed by atoms with E-state index in [9.17, 15) is 0 Å². The Morgan fingerprint density at radius 2 is 1.95 bits per heavy atom. The molecule has 0 fully saturated rings. The lowest BCUT2D eigenvalue weighted by molar-refractivity contribution is 0.206. The Kier molecular flexibility index (Phi) is 4.18. The molecule has 0 aromatic heterocycles. The van der Waals surface area contributed by atoms with Gasteiger partial charge in [-0.25, -0.2) is 0 Å². The van der Waals surface area contributed by atoms with Crippen LogP contribution in [-0.4, -0.2) is 13.0 Å². The molecule has 0 amide bonds. The van der Waals surface area contributed by atoms with Crippen molar-refractivity contribution in [1.82, 2.24) is 0 Å². The maximum Gasteiger partial charge on any atom is 0.263 e. The standard InChI is InChI=1S/C16H16NO2/c1-12-7-6-9-14(11-12)16(17-18-3)19-15-10-5-4-8-13(15)2/h4-6,8-11H,1-3H3/b17-16+. The molecule has 2 aromatic carbocycles. The molecule has 0 aliphatic carbocycles. The summed E-state index contributed by atoms with van der Waals surface area (Å²) in [5.41, 5.74) is 2.93. The molecule has 19 heavy (non-hydrogen) atoms. The lowest BCUT2D eigenvalue weighted by Crippen LogP contribution is -2.11. The second-order valence-electron chi connectivity index (χ2n) is 4.21. The van der Waals surface area contributed by atoms with Crippen LogP contribution in [0, 0.1) is 19.9 Å². The van der Waals surface area contributed by atoms with E-state index in [0.717, 1.165) is 22.4 Å². The van der Waals surface area contributed by atoms with Crippen molar-refractivity contribution >= 4 is 5.90 Å². The van der Waals surface area contributed by atoms with Crippen LogP contribution in [0.15, 0.2) is 47.6 Å². The second kappa shape index (κ2) is 6.05. The number of rotatable bonds is 3. The van der Waals surface area contributed by atoms with Crippen molar-refractivity contribution in [3.63, 3.8) is 0 Å². The largest absolute Gasteiger partial charge is 0.436 e. The topological polar surface area (TPSA) is 30.8 Å². The van der Waals surface area contributed by atoms with E-state index in [1.54, 1.807) is 0 Å². The predicted octanol–water partition coefficient (Wildman–Crippen LogP) is 3.49. The van der Waals surface area contributed by atoms with E-state index in [-0.39, 0.29) is 0 Å². The molecule has 0 N–H and O–H groups in total. The molecule has 2 aromatic rings. The summed E-state index contributed by atoms with van der Waals surface area (Å²) in [7, 11) is 1.50. The van der Waals surface area contributed by atoms with Crippen molar-refractivity contribution in [2.45, 2.75) is 13.8 Å². The summed E-state index contributed by atoms with van der Waals surface area (Å²) in [5, 5.41) is 3.95. The van der Waals surface area contributed by atoms with Gasteiger partial charge in [0.1, 0.15) is 12.9 Å². The molecular weight excluding hydrogens is 238 g/mol. The highest BCUT2D eigenvalue weighted by Gasteiger charge is 2.09. The van der Waals surface area contributed by atoms with E-state index >= 15 is 0 Å². The summed E-state index contributed by atoms with van der Waals surface area (Å²) in [4.78, 5) is 4.86. The predicted molar refractivity (Wildman–Crippen MR) is 75.4 cm³/mol. The summed E-state index contributed by atoms with van der Waals surface area (Å²) in [6.07, 6.45) is 0. The highest BCUT2D eigenvalue weighted by Crippen LogP contribution is 2.18. The minimum atomic E-state index is 0.439. The van der Waals surface area contributed by atoms with E-state index < -0.39 is 0 Å². The summed E-state index contributed by atoms with van der Waals surface area (Å²) >= 11 is 0. The van der Waals surface area contributed by atoms with Gasteiger partial charge in [-0.15, -0.1) is 0 Å². The number of oxime groups is 1. The van der Waals surface area contributed by atoms with Crippen LogP contribution >= 0.6 is 0 Å². The highest BCUT2D eigenvalue weighted by molar-refractivity contribution is 5.95. The first kappa shape index (κ1) is 13.1. The number of benzene rings is 2. The van der Waals surface area contributed by atoms with Crippen molar-refractivity contribution in [2.24, 2.45) is 5.16 Å². The molecule has 97 valence electrons. The van der Waals surface area contributed by atoms with Crippen molar-refractivity contribution in [3.05, 3.63) is 65.2 Å². The Bertz CT molecular complexity index is 591. The van der Waals surface area contributed by atoms with Crippen LogP contribution in [0.25, 0.3) is 0 Å². The van der Waals surface area contributed by atoms with Gasteiger partial charge in [0.2, 0.25) is 0 Å². The van der Waals surface area contributed by atoms with E-state index in [0.29, 0.717) is 5.90 Å². The van der Waals surface area contributed by atoms with Gasteiger partial charge in [-0.1, -0.05) is 24.3 Å². The molecule has 0 atom stereocenters. The highest BCUT2D eigenvalue weighted by atomic mass is 16.6. The number of hydrogen-bond acceptors (Lipinski definition) is 3. The molecule has 0 aliphatic rings. The summed E-state index contributed by atoms with van der Waals surface area (Å²) < 4.78 is 5.84.